The molecule has 1 heterocycles. The normalized spacial score (nSPS) is 15.4. The smallest absolute Gasteiger partial charge is 0.336 e. The Hall–Kier alpha value is -3.02. The molecule has 0 radical (unpaired) electrons. The van der Waals surface area contributed by atoms with Crippen molar-refractivity contribution in [2.45, 2.75) is 37.5 Å². The van der Waals surface area contributed by atoms with Gasteiger partial charge in [-0.05, 0) is 37.1 Å². The number of allylic oxidation sites excluding steroid dienone is 2. The summed E-state index contributed by atoms with van der Waals surface area (Å²) in [5, 5.41) is 3.66. The van der Waals surface area contributed by atoms with Crippen LogP contribution in [0.3, 0.4) is 0 Å². The first kappa shape index (κ1) is 31.2. The summed E-state index contributed by atoms with van der Waals surface area (Å²) in [4.78, 5) is 25.6. The van der Waals surface area contributed by atoms with Crippen LogP contribution in [0.2, 0.25) is 5.02 Å². The van der Waals surface area contributed by atoms with Crippen molar-refractivity contribution in [3.63, 3.8) is 0 Å². The number of dihydropyridines is 1. The monoisotopic (exact) mass is 564 g/mol. The Kier molecular flexibility index (Phi) is 12.1. The number of halogens is 1. The zero-order chi connectivity index (χ0) is 28.3. The molecule has 9 nitrogen and oxygen atoms in total. The number of carbonyl (C=O) groups is 2. The molecule has 0 saturated carbocycles. The Balaban J connectivity index is 0.000000423. The van der Waals surface area contributed by atoms with E-state index in [-0.39, 0.29) is 17.3 Å². The summed E-state index contributed by atoms with van der Waals surface area (Å²) in [6.07, 6.45) is 1.04. The maximum atomic E-state index is 13.1. The standard InChI is InChI=1S/C21H27ClN2O4.C6H6O3S/c1-4-7-17(25)20-16(12-28-11-10-23)24-13(2)18(21(26)27-3)19(20)14-8-5-6-9-15(14)22;7-10(8,9)6-4-2-1-3-5-6/h5-6,8-9,19,24H,4,7,10-12,23H2,1-3H3;1-5H,(H,7,8,9). The van der Waals surface area contributed by atoms with Gasteiger partial charge in [0.25, 0.3) is 10.1 Å². The van der Waals surface area contributed by atoms with Gasteiger partial charge in [-0.25, -0.2) is 4.79 Å². The van der Waals surface area contributed by atoms with Crippen molar-refractivity contribution in [3.05, 3.63) is 87.7 Å². The maximum Gasteiger partial charge on any atom is 0.336 e. The predicted molar refractivity (Wildman–Crippen MR) is 145 cm³/mol. The lowest BCUT2D eigenvalue weighted by molar-refractivity contribution is -0.136. The van der Waals surface area contributed by atoms with Gasteiger partial charge in [0.15, 0.2) is 5.78 Å². The van der Waals surface area contributed by atoms with Gasteiger partial charge in [0.1, 0.15) is 0 Å². The van der Waals surface area contributed by atoms with Crippen molar-refractivity contribution in [2.75, 3.05) is 26.9 Å². The number of ketones is 1. The number of nitrogens with one attached hydrogen (secondary N) is 1. The number of nitrogens with two attached hydrogens (primary N) is 1. The lowest BCUT2D eigenvalue weighted by atomic mass is 9.78. The van der Waals surface area contributed by atoms with E-state index in [1.54, 1.807) is 31.2 Å². The Morgan fingerprint density at radius 2 is 1.71 bits per heavy atom. The fourth-order valence-electron chi connectivity index (χ4n) is 3.95. The summed E-state index contributed by atoms with van der Waals surface area (Å²) < 4.78 is 39.8. The summed E-state index contributed by atoms with van der Waals surface area (Å²) in [6, 6.07) is 14.6. The van der Waals surface area contributed by atoms with Crippen molar-refractivity contribution in [1.82, 2.24) is 5.32 Å². The van der Waals surface area contributed by atoms with Crippen LogP contribution in [0.5, 0.6) is 0 Å². The number of rotatable bonds is 10. The molecule has 0 fully saturated rings. The van der Waals surface area contributed by atoms with Gasteiger partial charge in [-0.1, -0.05) is 54.9 Å². The quantitative estimate of drug-likeness (QED) is 0.221. The molecule has 3 rings (SSSR count). The van der Waals surface area contributed by atoms with Crippen LogP contribution >= 0.6 is 11.6 Å². The highest BCUT2D eigenvalue weighted by Gasteiger charge is 2.38. The van der Waals surface area contributed by atoms with E-state index in [1.807, 2.05) is 25.1 Å². The van der Waals surface area contributed by atoms with E-state index in [9.17, 15) is 18.0 Å². The van der Waals surface area contributed by atoms with Crippen molar-refractivity contribution in [1.29, 1.82) is 0 Å². The molecule has 4 N–H and O–H groups in total. The van der Waals surface area contributed by atoms with E-state index >= 15 is 0 Å². The highest BCUT2D eigenvalue weighted by Crippen LogP contribution is 2.42. The third kappa shape index (κ3) is 8.24. The number of ether oxygens (including phenoxy) is 2. The lowest BCUT2D eigenvalue weighted by Gasteiger charge is -2.32. The first-order valence-corrected chi connectivity index (χ1v) is 13.8. The average Bonchev–Trinajstić information content (AvgIpc) is 2.89. The molecule has 0 bridgehead atoms. The van der Waals surface area contributed by atoms with Crippen LogP contribution in [0, 0.1) is 0 Å². The van der Waals surface area contributed by atoms with E-state index < -0.39 is 22.0 Å². The summed E-state index contributed by atoms with van der Waals surface area (Å²) in [7, 11) is -2.68. The van der Waals surface area contributed by atoms with Crippen LogP contribution in [-0.2, 0) is 29.2 Å². The van der Waals surface area contributed by atoms with E-state index in [4.69, 9.17) is 31.4 Å². The molecule has 1 aliphatic rings. The number of hydrogen-bond acceptors (Lipinski definition) is 8. The molecule has 0 amide bonds. The largest absolute Gasteiger partial charge is 0.466 e. The van der Waals surface area contributed by atoms with Gasteiger partial charge in [0.2, 0.25) is 0 Å². The van der Waals surface area contributed by atoms with E-state index in [1.165, 1.54) is 19.2 Å². The minimum absolute atomic E-state index is 0.0554. The number of carbonyl (C=O) groups excluding carboxylic acids is 2. The van der Waals surface area contributed by atoms with Gasteiger partial charge in [-0.15, -0.1) is 0 Å². The van der Waals surface area contributed by atoms with Gasteiger partial charge < -0.3 is 20.5 Å². The predicted octanol–water partition coefficient (Wildman–Crippen LogP) is 4.01. The van der Waals surface area contributed by atoms with Crippen molar-refractivity contribution in [3.8, 4) is 0 Å². The van der Waals surface area contributed by atoms with Crippen molar-refractivity contribution >= 4 is 33.5 Å². The van der Waals surface area contributed by atoms with Gasteiger partial charge >= 0.3 is 5.97 Å². The third-order valence-electron chi connectivity index (χ3n) is 5.59. The molecule has 206 valence electrons. The third-order valence-corrected chi connectivity index (χ3v) is 6.81. The van der Waals surface area contributed by atoms with Gasteiger partial charge in [-0.3, -0.25) is 9.35 Å². The molecule has 0 saturated heterocycles. The van der Waals surface area contributed by atoms with Crippen LogP contribution < -0.4 is 11.1 Å². The molecule has 2 aromatic carbocycles. The summed E-state index contributed by atoms with van der Waals surface area (Å²) in [5.74, 6) is -1.18. The fourth-order valence-corrected chi connectivity index (χ4v) is 4.70. The second-order valence-electron chi connectivity index (χ2n) is 8.30. The Bertz CT molecular complexity index is 1290. The molecular formula is C27H33ClN2O7S. The van der Waals surface area contributed by atoms with Gasteiger partial charge in [0, 0.05) is 40.9 Å². The Labute approximate surface area is 228 Å². The minimum Gasteiger partial charge on any atom is -0.466 e. The molecule has 2 aromatic rings. The van der Waals surface area contributed by atoms with E-state index in [2.05, 4.69) is 5.32 Å². The van der Waals surface area contributed by atoms with Crippen LogP contribution in [-0.4, -0.2) is 51.6 Å². The van der Waals surface area contributed by atoms with E-state index in [0.717, 1.165) is 0 Å². The second-order valence-corrected chi connectivity index (χ2v) is 10.1. The number of hydrogen-bond donors (Lipinski definition) is 3. The highest BCUT2D eigenvalue weighted by molar-refractivity contribution is 7.85. The van der Waals surface area contributed by atoms with Crippen LogP contribution in [0.15, 0.2) is 82.0 Å². The summed E-state index contributed by atoms with van der Waals surface area (Å²) in [6.45, 7) is 4.65. The molecule has 1 unspecified atom stereocenters. The van der Waals surface area contributed by atoms with Crippen molar-refractivity contribution in [2.24, 2.45) is 5.73 Å². The minimum atomic E-state index is -4.00. The number of esters is 1. The zero-order valence-electron chi connectivity index (χ0n) is 21.6. The molecule has 0 aliphatic carbocycles. The first-order chi connectivity index (χ1) is 18.1. The SMILES string of the molecule is CCCC(=O)C1=C(COCCN)NC(C)=C(C(=O)OC)C1c1ccccc1Cl.O=S(=O)(O)c1ccccc1. The summed E-state index contributed by atoms with van der Waals surface area (Å²) in [5.41, 5.74) is 8.29. The van der Waals surface area contributed by atoms with Crippen LogP contribution in [0.4, 0.5) is 0 Å². The number of methoxy groups -OCH3 is 1. The van der Waals surface area contributed by atoms with Crippen molar-refractivity contribution < 1.29 is 32.0 Å². The van der Waals surface area contributed by atoms with E-state index in [0.29, 0.717) is 59.1 Å². The topological polar surface area (TPSA) is 145 Å². The van der Waals surface area contributed by atoms with Crippen LogP contribution in [0.25, 0.3) is 0 Å². The summed E-state index contributed by atoms with van der Waals surface area (Å²) >= 11 is 6.46. The first-order valence-electron chi connectivity index (χ1n) is 11.9. The van der Waals surface area contributed by atoms with Crippen LogP contribution in [0.1, 0.15) is 38.2 Å². The lowest BCUT2D eigenvalue weighted by Crippen LogP contribution is -2.34. The maximum absolute atomic E-state index is 13.1. The fraction of sp³-hybridized carbons (Fsp3) is 0.333. The molecule has 38 heavy (non-hydrogen) atoms. The number of Topliss-reactive ketones (excluding diaryl/α,β-unsaturated/α-hetero) is 1. The molecule has 0 aromatic heterocycles. The average molecular weight is 565 g/mol. The Morgan fingerprint density at radius 1 is 1.08 bits per heavy atom. The molecule has 0 spiro atoms. The van der Waals surface area contributed by atoms with Gasteiger partial charge in [-0.2, -0.15) is 8.42 Å². The molecule has 1 aliphatic heterocycles. The molecular weight excluding hydrogens is 532 g/mol. The van der Waals surface area contributed by atoms with Gasteiger partial charge in [0.05, 0.1) is 30.8 Å². The second kappa shape index (κ2) is 14.8. The highest BCUT2D eigenvalue weighted by atomic mass is 35.5. The molecule has 11 heteroatoms. The zero-order valence-corrected chi connectivity index (χ0v) is 23.1. The number of benzene rings is 2. The Morgan fingerprint density at radius 3 is 2.24 bits per heavy atom. The molecule has 1 atom stereocenters.